The second-order valence-electron chi connectivity index (χ2n) is 15.1. The van der Waals surface area contributed by atoms with Gasteiger partial charge < -0.3 is 9.47 Å². The van der Waals surface area contributed by atoms with Gasteiger partial charge >= 0.3 is 11.4 Å². The molecule has 0 saturated heterocycles. The highest BCUT2D eigenvalue weighted by atomic mass is 35.5. The molecule has 0 radical (unpaired) electrons. The summed E-state index contributed by atoms with van der Waals surface area (Å²) in [6.45, 7) is 2.85. The number of hydrogen-bond acceptors (Lipinski definition) is 10. The van der Waals surface area contributed by atoms with Crippen LogP contribution in [0.5, 0.6) is 11.5 Å². The molecule has 6 rings (SSSR count). The number of carbonyl (C=O) groups excluding carboxylic acids is 2. The van der Waals surface area contributed by atoms with E-state index in [0.29, 0.717) is 26.2 Å². The minimum absolute atomic E-state index is 0. The van der Waals surface area contributed by atoms with Gasteiger partial charge in [-0.25, -0.2) is 0 Å². The van der Waals surface area contributed by atoms with Gasteiger partial charge in [0.25, 0.3) is 0 Å². The molecule has 6 aromatic rings. The fourth-order valence-corrected chi connectivity index (χ4v) is 7.11. The van der Waals surface area contributed by atoms with Gasteiger partial charge in [0.15, 0.2) is 23.1 Å². The number of nitro groups is 2. The van der Waals surface area contributed by atoms with Crippen LogP contribution in [0.2, 0.25) is 0 Å². The molecule has 0 spiro atoms. The molecule has 0 heterocycles. The summed E-state index contributed by atoms with van der Waals surface area (Å²) in [7, 11) is 0. The van der Waals surface area contributed by atoms with Crippen molar-refractivity contribution in [2.45, 2.75) is 52.0 Å². The van der Waals surface area contributed by atoms with E-state index in [1.807, 2.05) is 121 Å². The zero-order chi connectivity index (χ0) is 43.5. The minimum Gasteiger partial charge on any atom is -0.482 e. The first kappa shape index (κ1) is 50.2. The van der Waals surface area contributed by atoms with Crippen molar-refractivity contribution in [1.82, 2.24) is 9.80 Å². The van der Waals surface area contributed by atoms with Crippen LogP contribution in [0.25, 0.3) is 0 Å². The minimum atomic E-state index is -0.525. The van der Waals surface area contributed by atoms with Crippen LogP contribution in [0.15, 0.2) is 158 Å². The third kappa shape index (κ3) is 15.7. The Kier molecular flexibility index (Phi) is 20.6. The zero-order valence-electron chi connectivity index (χ0n) is 35.4. The molecule has 0 bridgehead atoms. The van der Waals surface area contributed by atoms with Crippen molar-refractivity contribution in [2.75, 3.05) is 26.2 Å². The summed E-state index contributed by atoms with van der Waals surface area (Å²) >= 11 is 0. The number of Topliss-reactive ketones (excluding diaryl/α,β-unsaturated/α-hetero) is 2. The molecule has 0 amide bonds. The lowest BCUT2D eigenvalue weighted by molar-refractivity contribution is -0.386. The van der Waals surface area contributed by atoms with E-state index < -0.39 is 9.85 Å². The molecular weight excluding hydrogens is 855 g/mol. The Balaban J connectivity index is 0.00000449. The maximum Gasteiger partial charge on any atom is 0.311 e. The fraction of sp³-hybridized carbons (Fsp3) is 0.240. The topological polar surface area (TPSA) is 145 Å². The van der Waals surface area contributed by atoms with Crippen molar-refractivity contribution < 1.29 is 28.9 Å². The molecule has 334 valence electrons. The maximum absolute atomic E-state index is 13.6. The van der Waals surface area contributed by atoms with E-state index in [1.54, 1.807) is 12.1 Å². The van der Waals surface area contributed by atoms with Gasteiger partial charge in [-0.1, -0.05) is 134 Å². The third-order valence-electron chi connectivity index (χ3n) is 10.4. The van der Waals surface area contributed by atoms with E-state index in [4.69, 9.17) is 9.47 Å². The Morgan fingerprint density at radius 3 is 1.11 bits per heavy atom. The van der Waals surface area contributed by atoms with Gasteiger partial charge in [-0.3, -0.25) is 39.6 Å². The summed E-state index contributed by atoms with van der Waals surface area (Å²) in [6, 6.07) is 47.2. The van der Waals surface area contributed by atoms with Crippen LogP contribution in [0, 0.1) is 20.2 Å². The number of nitrogens with zero attached hydrogens (tertiary/aromatic N) is 4. The van der Waals surface area contributed by atoms with E-state index in [-0.39, 0.29) is 96.7 Å². The van der Waals surface area contributed by atoms with Gasteiger partial charge in [-0.15, -0.1) is 24.8 Å². The van der Waals surface area contributed by atoms with Crippen molar-refractivity contribution in [3.8, 4) is 11.5 Å². The van der Waals surface area contributed by atoms with Crippen LogP contribution in [0.3, 0.4) is 0 Å². The lowest BCUT2D eigenvalue weighted by Gasteiger charge is -2.23. The molecule has 0 fully saturated rings. The molecule has 12 nitrogen and oxygen atoms in total. The summed E-state index contributed by atoms with van der Waals surface area (Å²) in [5.74, 6) is -0.239. The first-order valence-corrected chi connectivity index (χ1v) is 20.7. The highest BCUT2D eigenvalue weighted by molar-refractivity contribution is 5.99. The van der Waals surface area contributed by atoms with Gasteiger partial charge in [-0.2, -0.15) is 0 Å². The molecule has 0 aliphatic rings. The normalized spacial score (nSPS) is 10.7. The third-order valence-corrected chi connectivity index (χ3v) is 10.4. The Hall–Kier alpha value is -6.44. The number of ketones is 2. The van der Waals surface area contributed by atoms with E-state index in [2.05, 4.69) is 9.80 Å². The summed E-state index contributed by atoms with van der Waals surface area (Å²) in [5, 5.41) is 24.0. The monoisotopic (exact) mass is 906 g/mol. The number of ether oxygens (including phenoxy) is 2. The van der Waals surface area contributed by atoms with Crippen molar-refractivity contribution in [1.29, 1.82) is 0 Å². The molecule has 0 saturated carbocycles. The lowest BCUT2D eigenvalue weighted by Crippen LogP contribution is -2.31. The highest BCUT2D eigenvalue weighted by Crippen LogP contribution is 2.31. The second-order valence-corrected chi connectivity index (χ2v) is 15.1. The van der Waals surface area contributed by atoms with Gasteiger partial charge in [0.05, 0.1) is 22.9 Å². The average molecular weight is 908 g/mol. The Morgan fingerprint density at radius 2 is 0.781 bits per heavy atom. The van der Waals surface area contributed by atoms with E-state index >= 15 is 0 Å². The van der Waals surface area contributed by atoms with E-state index in [1.165, 1.54) is 24.3 Å². The average Bonchev–Trinajstić information content (AvgIpc) is 3.29. The number of benzene rings is 6. The maximum atomic E-state index is 13.6. The van der Waals surface area contributed by atoms with Crippen molar-refractivity contribution in [3.63, 3.8) is 0 Å². The Labute approximate surface area is 386 Å². The number of hydrogen-bond donors (Lipinski definition) is 0. The van der Waals surface area contributed by atoms with E-state index in [0.717, 1.165) is 47.9 Å². The molecule has 0 unspecified atom stereocenters. The quantitative estimate of drug-likeness (QED) is 0.0235. The van der Waals surface area contributed by atoms with Crippen molar-refractivity contribution >= 4 is 47.8 Å². The Bertz CT molecular complexity index is 2230. The lowest BCUT2D eigenvalue weighted by atomic mass is 10.1. The fourth-order valence-electron chi connectivity index (χ4n) is 7.11. The van der Waals surface area contributed by atoms with Crippen molar-refractivity contribution in [2.24, 2.45) is 0 Å². The van der Waals surface area contributed by atoms with Crippen LogP contribution in [0.1, 0.15) is 68.7 Å². The van der Waals surface area contributed by atoms with Gasteiger partial charge in [0, 0.05) is 36.3 Å². The summed E-state index contributed by atoms with van der Waals surface area (Å²) in [4.78, 5) is 54.4. The van der Waals surface area contributed by atoms with Crippen molar-refractivity contribution in [3.05, 3.63) is 211 Å². The summed E-state index contributed by atoms with van der Waals surface area (Å²) < 4.78 is 11.5. The van der Waals surface area contributed by atoms with Gasteiger partial charge in [-0.05, 0) is 72.5 Å². The van der Waals surface area contributed by atoms with Gasteiger partial charge in [0.1, 0.15) is 13.2 Å². The first-order valence-electron chi connectivity index (χ1n) is 20.7. The van der Waals surface area contributed by atoms with Gasteiger partial charge in [0.2, 0.25) is 0 Å². The molecule has 0 aliphatic carbocycles. The molecule has 0 N–H and O–H groups in total. The summed E-state index contributed by atoms with van der Waals surface area (Å²) in [5.41, 5.74) is 3.83. The predicted molar refractivity (Wildman–Crippen MR) is 253 cm³/mol. The molecule has 6 aromatic carbocycles. The zero-order valence-corrected chi connectivity index (χ0v) is 37.0. The Morgan fingerprint density at radius 1 is 0.453 bits per heavy atom. The predicted octanol–water partition coefficient (Wildman–Crippen LogP) is 11.1. The van der Waals surface area contributed by atoms with E-state index in [9.17, 15) is 29.8 Å². The SMILES string of the molecule is Cl.Cl.O=C(CN(CCCCCCN(CC(=O)c1ccc(OCc2ccccc2)c([N+](=O)[O-])c1)Cc1ccccc1)Cc1ccccc1)c1ccc(OCc2ccccc2)c([N+](=O)[O-])c1. The summed E-state index contributed by atoms with van der Waals surface area (Å²) in [6.07, 6.45) is 3.38. The van der Waals surface area contributed by atoms with Crippen LogP contribution < -0.4 is 9.47 Å². The first-order chi connectivity index (χ1) is 30.2. The standard InChI is InChI=1S/C50H50N4O8.2ClH/c55-47(43-25-27-49(45(31-43)53(57)58)61-37-41-21-11-5-12-22-41)35-51(33-39-17-7-3-8-18-39)29-15-1-2-16-30-52(34-40-19-9-4-10-20-40)36-48(56)44-26-28-50(46(32-44)54(59)60)62-38-42-23-13-6-14-24-42;;/h3-14,17-28,31-32H,1-2,15-16,29-30,33-38H2;2*1H. The molecule has 0 atom stereocenters. The second kappa shape index (κ2) is 26.2. The molecule has 64 heavy (non-hydrogen) atoms. The number of rotatable bonds is 25. The largest absolute Gasteiger partial charge is 0.482 e. The van der Waals surface area contributed by atoms with Crippen LogP contribution in [-0.2, 0) is 26.3 Å². The molecule has 14 heteroatoms. The smallest absolute Gasteiger partial charge is 0.311 e. The number of halogens is 2. The number of nitro benzene ring substituents is 2. The van der Waals surface area contributed by atoms with Crippen LogP contribution >= 0.6 is 24.8 Å². The molecular formula is C50H52Cl2N4O8. The van der Waals surface area contributed by atoms with Crippen LogP contribution in [-0.4, -0.2) is 57.4 Å². The molecule has 0 aliphatic heterocycles. The molecule has 0 aromatic heterocycles. The van der Waals surface area contributed by atoms with Crippen LogP contribution in [0.4, 0.5) is 11.4 Å². The number of unbranched alkanes of at least 4 members (excludes halogenated alkanes) is 3. The highest BCUT2D eigenvalue weighted by Gasteiger charge is 2.23. The number of carbonyl (C=O) groups is 2.